The molecule has 0 saturated carbocycles. The summed E-state index contributed by atoms with van der Waals surface area (Å²) in [6, 6.07) is 3.28. The monoisotopic (exact) mass is 384 g/mol. The van der Waals surface area contributed by atoms with Crippen molar-refractivity contribution < 1.29 is 22.1 Å². The molecular weight excluding hydrogens is 372 g/mol. The third-order valence-electron chi connectivity index (χ3n) is 3.45. The van der Waals surface area contributed by atoms with E-state index in [0.717, 1.165) is 12.1 Å². The molecule has 0 atom stereocenters. The first-order valence-corrected chi connectivity index (χ1v) is 7.98. The highest BCUT2D eigenvalue weighted by molar-refractivity contribution is 7.24. The lowest BCUT2D eigenvalue weighted by molar-refractivity contribution is -0.137. The van der Waals surface area contributed by atoms with Crippen molar-refractivity contribution in [3.05, 3.63) is 46.1 Å². The van der Waals surface area contributed by atoms with E-state index in [4.69, 9.17) is 8.93 Å². The summed E-state index contributed by atoms with van der Waals surface area (Å²) in [5, 5.41) is 4.12. The van der Waals surface area contributed by atoms with Gasteiger partial charge in [-0.1, -0.05) is 0 Å². The van der Waals surface area contributed by atoms with Gasteiger partial charge in [-0.05, 0) is 24.3 Å². The van der Waals surface area contributed by atoms with E-state index in [1.807, 2.05) is 0 Å². The molecule has 0 fully saturated rings. The van der Waals surface area contributed by atoms with Crippen molar-refractivity contribution in [1.82, 2.24) is 19.3 Å². The van der Waals surface area contributed by atoms with E-state index < -0.39 is 17.5 Å². The van der Waals surface area contributed by atoms with Crippen LogP contribution >= 0.6 is 8.43 Å². The van der Waals surface area contributed by atoms with Gasteiger partial charge in [0, 0.05) is 18.8 Å². The summed E-state index contributed by atoms with van der Waals surface area (Å²) < 4.78 is 51.4. The maximum Gasteiger partial charge on any atom is 0.422 e. The van der Waals surface area contributed by atoms with Crippen LogP contribution in [0.4, 0.5) is 13.2 Å². The third kappa shape index (κ3) is 3.70. The molecule has 2 aromatic heterocycles. The van der Waals surface area contributed by atoms with Crippen LogP contribution in [-0.2, 0) is 13.2 Å². The number of benzene rings is 1. The molecule has 2 heterocycles. The Morgan fingerprint density at radius 1 is 1.31 bits per heavy atom. The molecule has 0 saturated heterocycles. The number of aromatic nitrogens is 4. The van der Waals surface area contributed by atoms with Crippen LogP contribution in [0.5, 0.6) is 5.75 Å². The van der Waals surface area contributed by atoms with Gasteiger partial charge in [0.2, 0.25) is 0 Å². The maximum atomic E-state index is 13.0. The van der Waals surface area contributed by atoms with E-state index in [-0.39, 0.29) is 17.1 Å². The Hall–Kier alpha value is -2.87. The molecule has 3 rings (SSSR count). The number of alkyl halides is 3. The Kier molecular flexibility index (Phi) is 4.69. The minimum absolute atomic E-state index is 0.0549. The Bertz CT molecular complexity index is 1020. The predicted octanol–water partition coefficient (Wildman–Crippen LogP) is 3.47. The molecule has 0 radical (unpaired) electrons. The molecule has 0 N–H and O–H groups in total. The molecule has 0 aliphatic carbocycles. The highest BCUT2D eigenvalue weighted by atomic mass is 31.1. The number of halogens is 3. The second kappa shape index (κ2) is 6.80. The second-order valence-corrected chi connectivity index (χ2v) is 6.00. The van der Waals surface area contributed by atoms with Crippen LogP contribution in [0.3, 0.4) is 0 Å². The molecule has 3 aromatic rings. The van der Waals surface area contributed by atoms with E-state index in [0.29, 0.717) is 13.9 Å². The molecule has 11 heteroatoms. The molecule has 26 heavy (non-hydrogen) atoms. The van der Waals surface area contributed by atoms with Gasteiger partial charge in [-0.2, -0.15) is 13.2 Å². The summed E-state index contributed by atoms with van der Waals surface area (Å²) in [6.07, 6.45) is -0.0610. The molecule has 0 unspecified atom stereocenters. The van der Waals surface area contributed by atoms with Gasteiger partial charge in [-0.15, -0.1) is 5.10 Å². The minimum atomic E-state index is -4.51. The number of methoxy groups -OCH3 is 1. The van der Waals surface area contributed by atoms with E-state index in [2.05, 4.69) is 10.1 Å². The first-order chi connectivity index (χ1) is 12.3. The highest BCUT2D eigenvalue weighted by Gasteiger charge is 2.31. The normalized spacial score (nSPS) is 12.3. The van der Waals surface area contributed by atoms with Crippen LogP contribution in [0, 0.1) is 0 Å². The van der Waals surface area contributed by atoms with E-state index >= 15 is 0 Å². The van der Waals surface area contributed by atoms with Gasteiger partial charge in [0.25, 0.3) is 0 Å². The van der Waals surface area contributed by atoms with Crippen molar-refractivity contribution in [3.8, 4) is 17.1 Å². The lowest BCUT2D eigenvalue weighted by Crippen LogP contribution is -2.10. The van der Waals surface area contributed by atoms with Gasteiger partial charge in [0.05, 0.1) is 12.7 Å². The van der Waals surface area contributed by atoms with Gasteiger partial charge in [0.15, 0.2) is 14.3 Å². The summed E-state index contributed by atoms with van der Waals surface area (Å²) in [6.45, 7) is 0. The van der Waals surface area contributed by atoms with Crippen LogP contribution in [-0.4, -0.2) is 26.4 Å². The second-order valence-electron chi connectivity index (χ2n) is 5.18. The Labute approximate surface area is 146 Å². The average Bonchev–Trinajstić information content (AvgIpc) is 3.20. The predicted molar refractivity (Wildman–Crippen MR) is 88.7 cm³/mol. The zero-order valence-electron chi connectivity index (χ0n) is 13.6. The van der Waals surface area contributed by atoms with Crippen molar-refractivity contribution in [1.29, 1.82) is 0 Å². The fourth-order valence-corrected chi connectivity index (χ4v) is 2.70. The molecule has 0 amide bonds. The van der Waals surface area contributed by atoms with E-state index in [1.54, 1.807) is 13.1 Å². The van der Waals surface area contributed by atoms with Crippen LogP contribution in [0.15, 0.2) is 33.5 Å². The largest absolute Gasteiger partial charge is 0.497 e. The van der Waals surface area contributed by atoms with Gasteiger partial charge in [-0.25, -0.2) is 14.5 Å². The van der Waals surface area contributed by atoms with Gasteiger partial charge < -0.3 is 8.93 Å². The summed E-state index contributed by atoms with van der Waals surface area (Å²) in [5.41, 5.74) is -0.0878. The maximum absolute atomic E-state index is 13.0. The number of nitrogens with zero attached hydrogens (tertiary/aromatic N) is 4. The van der Waals surface area contributed by atoms with E-state index in [1.165, 1.54) is 35.0 Å². The first-order valence-electron chi connectivity index (χ1n) is 7.16. The Balaban J connectivity index is 1.92. The van der Waals surface area contributed by atoms with Crippen LogP contribution in [0.1, 0.15) is 11.0 Å². The summed E-state index contributed by atoms with van der Waals surface area (Å²) in [5.74, 6) is -0.310. The number of ether oxygens (including phenoxy) is 1. The highest BCUT2D eigenvalue weighted by Crippen LogP contribution is 2.34. The number of rotatable bonds is 4. The van der Waals surface area contributed by atoms with Crippen molar-refractivity contribution in [3.63, 3.8) is 0 Å². The molecular formula is C15H12F3N4O3P. The summed E-state index contributed by atoms with van der Waals surface area (Å²) in [4.78, 5) is 15.3. The van der Waals surface area contributed by atoms with Crippen molar-refractivity contribution in [2.24, 2.45) is 7.05 Å². The zero-order chi connectivity index (χ0) is 18.9. The topological polar surface area (TPSA) is 75.1 Å². The number of hydrogen-bond acceptors (Lipinski definition) is 5. The molecule has 1 aromatic carbocycles. The fourth-order valence-electron chi connectivity index (χ4n) is 2.08. The van der Waals surface area contributed by atoms with Gasteiger partial charge in [0.1, 0.15) is 17.5 Å². The van der Waals surface area contributed by atoms with Gasteiger partial charge in [-0.3, -0.25) is 4.57 Å². The SMILES string of the molecule is COc1cc(-c2ncn(/C=C\c3poc(=O)n3C)n2)cc(C(F)(F)F)c1. The molecule has 7 nitrogen and oxygen atoms in total. The molecule has 0 spiro atoms. The Morgan fingerprint density at radius 3 is 2.69 bits per heavy atom. The van der Waals surface area contributed by atoms with Crippen LogP contribution in [0.2, 0.25) is 0 Å². The fraction of sp³-hybridized carbons (Fsp3) is 0.200. The summed E-state index contributed by atoms with van der Waals surface area (Å²) >= 11 is 0. The third-order valence-corrected chi connectivity index (χ3v) is 4.33. The molecule has 136 valence electrons. The standard InChI is InChI=1S/C15H12F3N4O3P/c1-21-12(26-25-14(21)23)3-4-22-8-19-13(20-22)9-5-10(15(16,17)18)7-11(6-9)24-2/h3-8H,1-2H3/b4-3-. The molecule has 0 aliphatic rings. The summed E-state index contributed by atoms with van der Waals surface area (Å²) in [7, 11) is 3.23. The quantitative estimate of drug-likeness (QED) is 0.689. The smallest absolute Gasteiger partial charge is 0.422 e. The number of hydrogen-bond donors (Lipinski definition) is 0. The van der Waals surface area contributed by atoms with Crippen molar-refractivity contribution >= 4 is 20.7 Å². The van der Waals surface area contributed by atoms with Crippen LogP contribution < -0.4 is 10.5 Å². The van der Waals surface area contributed by atoms with Crippen molar-refractivity contribution in [2.75, 3.05) is 7.11 Å². The van der Waals surface area contributed by atoms with Crippen molar-refractivity contribution in [2.45, 2.75) is 6.18 Å². The van der Waals surface area contributed by atoms with Crippen LogP contribution in [0.25, 0.3) is 23.7 Å². The molecule has 0 bridgehead atoms. The lowest BCUT2D eigenvalue weighted by Gasteiger charge is -2.10. The van der Waals surface area contributed by atoms with Gasteiger partial charge >= 0.3 is 11.9 Å². The Morgan fingerprint density at radius 2 is 2.08 bits per heavy atom. The zero-order valence-corrected chi connectivity index (χ0v) is 14.5. The minimum Gasteiger partial charge on any atom is -0.497 e. The average molecular weight is 384 g/mol. The van der Waals surface area contributed by atoms with E-state index in [9.17, 15) is 18.0 Å². The lowest BCUT2D eigenvalue weighted by atomic mass is 10.1. The molecule has 0 aliphatic heterocycles. The first kappa shape index (κ1) is 17.9.